The fourth-order valence-corrected chi connectivity index (χ4v) is 3.73. The summed E-state index contributed by atoms with van der Waals surface area (Å²) in [5.74, 6) is -0.382. The quantitative estimate of drug-likeness (QED) is 0.518. The molecule has 0 aliphatic heterocycles. The van der Waals surface area contributed by atoms with Crippen LogP contribution in [0, 0.1) is 0 Å². The summed E-state index contributed by atoms with van der Waals surface area (Å²) in [5.41, 5.74) is 2.69. The standard InChI is InChI=1S/C20H27N5O3S/c1-12(2)21-19(28)9-25(5)10-20-24-18(11-29-20)16-7-6-15(22-13(3)26)8-17(16)23-14(4)27/h6-8,11-12H,9-10H2,1-5H3,(H,21,28)(H,22,26)(H,23,27)/p+1. The summed E-state index contributed by atoms with van der Waals surface area (Å²) < 4.78 is 0. The number of likely N-dealkylation sites (N-methyl/N-ethyl adjacent to an activating group) is 1. The lowest BCUT2D eigenvalue weighted by Gasteiger charge is -2.14. The summed E-state index contributed by atoms with van der Waals surface area (Å²) in [6.07, 6.45) is 0. The Hall–Kier alpha value is -2.78. The highest BCUT2D eigenvalue weighted by Crippen LogP contribution is 2.31. The lowest BCUT2D eigenvalue weighted by Crippen LogP contribution is -3.09. The van der Waals surface area contributed by atoms with Crippen LogP contribution in [0.1, 0.15) is 32.7 Å². The number of hydrogen-bond acceptors (Lipinski definition) is 5. The summed E-state index contributed by atoms with van der Waals surface area (Å²) in [4.78, 5) is 40.5. The molecule has 29 heavy (non-hydrogen) atoms. The molecule has 0 saturated heterocycles. The molecule has 0 aliphatic rings. The maximum absolute atomic E-state index is 11.9. The second-order valence-corrected chi connectivity index (χ2v) is 8.22. The van der Waals surface area contributed by atoms with Gasteiger partial charge in [-0.15, -0.1) is 11.3 Å². The molecule has 0 bridgehead atoms. The Balaban J connectivity index is 2.16. The van der Waals surface area contributed by atoms with Crippen LogP contribution < -0.4 is 20.9 Å². The van der Waals surface area contributed by atoms with Gasteiger partial charge in [0.1, 0.15) is 11.6 Å². The number of carbonyl (C=O) groups is 3. The molecule has 3 amide bonds. The molecule has 9 heteroatoms. The van der Waals surface area contributed by atoms with Crippen molar-refractivity contribution >= 4 is 40.4 Å². The first-order valence-electron chi connectivity index (χ1n) is 9.38. The highest BCUT2D eigenvalue weighted by molar-refractivity contribution is 7.09. The average Bonchev–Trinajstić information content (AvgIpc) is 3.00. The lowest BCUT2D eigenvalue weighted by atomic mass is 10.1. The van der Waals surface area contributed by atoms with Gasteiger partial charge in [-0.3, -0.25) is 14.4 Å². The van der Waals surface area contributed by atoms with E-state index in [2.05, 4.69) is 20.9 Å². The van der Waals surface area contributed by atoms with Crippen molar-refractivity contribution in [3.05, 3.63) is 28.6 Å². The Bertz CT molecular complexity index is 894. The van der Waals surface area contributed by atoms with Crippen LogP contribution in [0.25, 0.3) is 11.3 Å². The number of thiazole rings is 1. The molecule has 4 N–H and O–H groups in total. The van der Waals surface area contributed by atoms with E-state index in [0.717, 1.165) is 21.2 Å². The third-order valence-electron chi connectivity index (χ3n) is 3.84. The van der Waals surface area contributed by atoms with Crippen molar-refractivity contribution in [2.24, 2.45) is 0 Å². The Morgan fingerprint density at radius 2 is 1.83 bits per heavy atom. The van der Waals surface area contributed by atoms with E-state index in [0.29, 0.717) is 24.5 Å². The molecule has 2 rings (SSSR count). The summed E-state index contributed by atoms with van der Waals surface area (Å²) in [6, 6.07) is 5.43. The van der Waals surface area contributed by atoms with E-state index in [9.17, 15) is 14.4 Å². The van der Waals surface area contributed by atoms with E-state index in [1.165, 1.54) is 25.2 Å². The fraction of sp³-hybridized carbons (Fsp3) is 0.400. The second kappa shape index (κ2) is 10.1. The molecule has 1 heterocycles. The number of amides is 3. The van der Waals surface area contributed by atoms with Gasteiger partial charge in [0.25, 0.3) is 5.91 Å². The molecule has 0 aliphatic carbocycles. The Morgan fingerprint density at radius 3 is 2.45 bits per heavy atom. The predicted molar refractivity (Wildman–Crippen MR) is 115 cm³/mol. The van der Waals surface area contributed by atoms with Gasteiger partial charge in [-0.25, -0.2) is 4.98 Å². The van der Waals surface area contributed by atoms with Crippen molar-refractivity contribution in [3.8, 4) is 11.3 Å². The van der Waals surface area contributed by atoms with Crippen LogP contribution in [0.15, 0.2) is 23.6 Å². The van der Waals surface area contributed by atoms with Gasteiger partial charge in [0, 0.05) is 36.5 Å². The average molecular weight is 419 g/mol. The second-order valence-electron chi connectivity index (χ2n) is 7.28. The largest absolute Gasteiger partial charge is 0.349 e. The first kappa shape index (κ1) is 22.5. The molecular weight excluding hydrogens is 390 g/mol. The van der Waals surface area contributed by atoms with Gasteiger partial charge in [0.05, 0.1) is 18.4 Å². The monoisotopic (exact) mass is 418 g/mol. The Morgan fingerprint density at radius 1 is 1.14 bits per heavy atom. The zero-order chi connectivity index (χ0) is 21.6. The van der Waals surface area contributed by atoms with Gasteiger partial charge in [-0.05, 0) is 32.0 Å². The minimum Gasteiger partial charge on any atom is -0.349 e. The van der Waals surface area contributed by atoms with E-state index in [-0.39, 0.29) is 23.8 Å². The van der Waals surface area contributed by atoms with Crippen molar-refractivity contribution in [3.63, 3.8) is 0 Å². The van der Waals surface area contributed by atoms with Crippen LogP contribution in [0.2, 0.25) is 0 Å². The van der Waals surface area contributed by atoms with E-state index in [4.69, 9.17) is 0 Å². The number of hydrogen-bond donors (Lipinski definition) is 4. The third-order valence-corrected chi connectivity index (χ3v) is 4.69. The zero-order valence-electron chi connectivity index (χ0n) is 17.4. The number of nitrogens with one attached hydrogen (secondary N) is 4. The number of aromatic nitrogens is 1. The predicted octanol–water partition coefficient (Wildman–Crippen LogP) is 1.27. The number of rotatable bonds is 8. The fourth-order valence-electron chi connectivity index (χ4n) is 2.83. The van der Waals surface area contributed by atoms with Crippen LogP contribution in [0.3, 0.4) is 0 Å². The number of nitrogens with zero attached hydrogens (tertiary/aromatic N) is 1. The van der Waals surface area contributed by atoms with Crippen LogP contribution >= 0.6 is 11.3 Å². The van der Waals surface area contributed by atoms with E-state index in [1.807, 2.05) is 32.3 Å². The molecule has 1 aromatic carbocycles. The van der Waals surface area contributed by atoms with Gasteiger partial charge in [-0.1, -0.05) is 0 Å². The van der Waals surface area contributed by atoms with E-state index in [1.54, 1.807) is 12.1 Å². The number of anilines is 2. The van der Waals surface area contributed by atoms with Crippen molar-refractivity contribution < 1.29 is 19.3 Å². The van der Waals surface area contributed by atoms with E-state index < -0.39 is 0 Å². The maximum Gasteiger partial charge on any atom is 0.275 e. The summed E-state index contributed by atoms with van der Waals surface area (Å²) in [7, 11) is 1.95. The number of carbonyl (C=O) groups excluding carboxylic acids is 3. The van der Waals surface area contributed by atoms with Gasteiger partial charge < -0.3 is 20.9 Å². The molecule has 1 unspecified atom stereocenters. The number of benzene rings is 1. The molecule has 8 nitrogen and oxygen atoms in total. The first-order valence-corrected chi connectivity index (χ1v) is 10.3. The summed E-state index contributed by atoms with van der Waals surface area (Å²) in [5, 5.41) is 11.2. The highest BCUT2D eigenvalue weighted by atomic mass is 32.1. The van der Waals surface area contributed by atoms with Crippen LogP contribution in [0.5, 0.6) is 0 Å². The minimum absolute atomic E-state index is 0.00999. The summed E-state index contributed by atoms with van der Waals surface area (Å²) >= 11 is 1.51. The lowest BCUT2D eigenvalue weighted by molar-refractivity contribution is -0.885. The van der Waals surface area contributed by atoms with Crippen LogP contribution in [-0.4, -0.2) is 42.3 Å². The molecule has 1 aromatic heterocycles. The van der Waals surface area contributed by atoms with Gasteiger partial charge in [0.2, 0.25) is 11.8 Å². The molecule has 1 atom stereocenters. The third kappa shape index (κ3) is 7.28. The Kier molecular flexibility index (Phi) is 7.86. The molecule has 0 fully saturated rings. The maximum atomic E-state index is 11.9. The van der Waals surface area contributed by atoms with Crippen LogP contribution in [-0.2, 0) is 20.9 Å². The van der Waals surface area contributed by atoms with Crippen molar-refractivity contribution in [2.75, 3.05) is 24.2 Å². The van der Waals surface area contributed by atoms with E-state index >= 15 is 0 Å². The van der Waals surface area contributed by atoms with Crippen LogP contribution in [0.4, 0.5) is 11.4 Å². The Labute approximate surface area is 174 Å². The molecular formula is C20H28N5O3S+. The minimum atomic E-state index is -0.206. The van der Waals surface area contributed by atoms with Gasteiger partial charge >= 0.3 is 0 Å². The molecule has 0 spiro atoms. The zero-order valence-corrected chi connectivity index (χ0v) is 18.2. The molecule has 2 aromatic rings. The molecule has 0 radical (unpaired) electrons. The van der Waals surface area contributed by atoms with Crippen molar-refractivity contribution in [1.82, 2.24) is 10.3 Å². The van der Waals surface area contributed by atoms with Crippen molar-refractivity contribution in [2.45, 2.75) is 40.3 Å². The summed E-state index contributed by atoms with van der Waals surface area (Å²) in [6.45, 7) is 7.72. The topological polar surface area (TPSA) is 105 Å². The first-order chi connectivity index (χ1) is 13.6. The van der Waals surface area contributed by atoms with Crippen molar-refractivity contribution in [1.29, 1.82) is 0 Å². The SMILES string of the molecule is CC(=O)Nc1ccc(-c2csc(C[NH+](C)CC(=O)NC(C)C)n2)c(NC(C)=O)c1. The molecule has 156 valence electrons. The number of quaternary nitrogens is 1. The normalized spacial score (nSPS) is 11.8. The smallest absolute Gasteiger partial charge is 0.275 e. The molecule has 0 saturated carbocycles. The highest BCUT2D eigenvalue weighted by Gasteiger charge is 2.16. The van der Waals surface area contributed by atoms with Gasteiger partial charge in [0.15, 0.2) is 6.54 Å². The van der Waals surface area contributed by atoms with Gasteiger partial charge in [-0.2, -0.15) is 0 Å².